The van der Waals surface area contributed by atoms with Crippen molar-refractivity contribution in [3.8, 4) is 0 Å². The van der Waals surface area contributed by atoms with Crippen LogP contribution >= 0.6 is 11.3 Å². The van der Waals surface area contributed by atoms with Crippen LogP contribution in [0.4, 0.5) is 5.69 Å². The minimum absolute atomic E-state index is 0.355. The van der Waals surface area contributed by atoms with Crippen molar-refractivity contribution in [2.75, 3.05) is 5.32 Å². The highest BCUT2D eigenvalue weighted by atomic mass is 32.1. The maximum Gasteiger partial charge on any atom is 0.349 e. The molecule has 1 aliphatic carbocycles. The lowest BCUT2D eigenvalue weighted by atomic mass is 10.2. The molecule has 3 rings (SSSR count). The summed E-state index contributed by atoms with van der Waals surface area (Å²) in [6.45, 7) is 5.28. The number of esters is 1. The van der Waals surface area contributed by atoms with Gasteiger partial charge in [0, 0.05) is 11.9 Å². The van der Waals surface area contributed by atoms with Gasteiger partial charge in [-0.1, -0.05) is 0 Å². The largest absolute Gasteiger partial charge is 0.448 e. The minimum Gasteiger partial charge on any atom is -0.448 e. The molecular weight excluding hydrogens is 326 g/mol. The highest BCUT2D eigenvalue weighted by Crippen LogP contribution is 2.31. The molecule has 0 radical (unpaired) electrons. The number of nitrogens with one attached hydrogen (secondary N) is 1. The molecule has 0 unspecified atom stereocenters. The van der Waals surface area contributed by atoms with E-state index in [0.717, 1.165) is 30.7 Å². The van der Waals surface area contributed by atoms with E-state index in [1.807, 2.05) is 27.0 Å². The molecule has 6 nitrogen and oxygen atoms in total. The van der Waals surface area contributed by atoms with Crippen LogP contribution in [-0.4, -0.2) is 27.8 Å². The molecule has 7 heteroatoms. The van der Waals surface area contributed by atoms with E-state index in [1.165, 1.54) is 21.8 Å². The number of aryl methyl sites for hydroxylation is 4. The fourth-order valence-corrected chi connectivity index (χ4v) is 4.02. The molecule has 0 fully saturated rings. The van der Waals surface area contributed by atoms with Crippen LogP contribution in [-0.2, 0) is 29.4 Å². The van der Waals surface area contributed by atoms with Crippen molar-refractivity contribution in [3.05, 3.63) is 32.8 Å². The number of carbonyl (C=O) groups excluding carboxylic acids is 2. The van der Waals surface area contributed by atoms with Crippen LogP contribution in [0.3, 0.4) is 0 Å². The smallest absolute Gasteiger partial charge is 0.349 e. The highest BCUT2D eigenvalue weighted by Gasteiger charge is 2.24. The Hall–Kier alpha value is -2.15. The van der Waals surface area contributed by atoms with E-state index in [9.17, 15) is 9.59 Å². The van der Waals surface area contributed by atoms with E-state index in [-0.39, 0.29) is 5.91 Å². The Kier molecular flexibility index (Phi) is 4.45. The zero-order valence-corrected chi connectivity index (χ0v) is 15.1. The van der Waals surface area contributed by atoms with Gasteiger partial charge in [-0.25, -0.2) is 4.79 Å². The van der Waals surface area contributed by atoms with Crippen molar-refractivity contribution >= 4 is 28.9 Å². The Balaban J connectivity index is 1.64. The molecule has 1 N–H and O–H groups in total. The van der Waals surface area contributed by atoms with Crippen molar-refractivity contribution in [3.63, 3.8) is 0 Å². The SMILES string of the molecule is Cc1nn(C)c(C)c1NC(=O)[C@@H](C)OC(=O)c1cc2c(s1)CCC2. The van der Waals surface area contributed by atoms with Gasteiger partial charge in [-0.05, 0) is 51.7 Å². The van der Waals surface area contributed by atoms with Crippen LogP contribution < -0.4 is 5.32 Å². The summed E-state index contributed by atoms with van der Waals surface area (Å²) in [5.41, 5.74) is 3.50. The molecule has 2 aromatic heterocycles. The molecule has 0 saturated carbocycles. The summed E-state index contributed by atoms with van der Waals surface area (Å²) in [7, 11) is 1.82. The van der Waals surface area contributed by atoms with Gasteiger partial charge in [0.25, 0.3) is 5.91 Å². The average Bonchev–Trinajstić information content (AvgIpc) is 3.17. The number of aromatic nitrogens is 2. The summed E-state index contributed by atoms with van der Waals surface area (Å²) < 4.78 is 7.03. The molecule has 1 aliphatic rings. The lowest BCUT2D eigenvalue weighted by Gasteiger charge is -2.13. The standard InChI is InChI=1S/C17H21N3O3S/c1-9-15(10(2)20(4)19-9)18-16(21)11(3)23-17(22)14-8-12-6-5-7-13(12)24-14/h8,11H,5-7H2,1-4H3,(H,18,21)/t11-/m1/s1. The highest BCUT2D eigenvalue weighted by molar-refractivity contribution is 7.14. The number of thiophene rings is 1. The molecule has 2 heterocycles. The van der Waals surface area contributed by atoms with Gasteiger partial charge in [0.1, 0.15) is 4.88 Å². The van der Waals surface area contributed by atoms with Gasteiger partial charge < -0.3 is 10.1 Å². The second-order valence-corrected chi connectivity index (χ2v) is 7.26. The van der Waals surface area contributed by atoms with Crippen LogP contribution in [0.1, 0.15) is 44.8 Å². The van der Waals surface area contributed by atoms with Crippen LogP contribution in [0.25, 0.3) is 0 Å². The fourth-order valence-electron chi connectivity index (χ4n) is 2.88. The van der Waals surface area contributed by atoms with Gasteiger partial charge in [0.2, 0.25) is 0 Å². The third-order valence-corrected chi connectivity index (χ3v) is 5.58. The van der Waals surface area contributed by atoms with Crippen molar-refractivity contribution < 1.29 is 14.3 Å². The van der Waals surface area contributed by atoms with E-state index < -0.39 is 12.1 Å². The van der Waals surface area contributed by atoms with Gasteiger partial charge in [-0.2, -0.15) is 5.10 Å². The molecule has 1 amide bonds. The van der Waals surface area contributed by atoms with Crippen molar-refractivity contribution in [2.45, 2.75) is 46.1 Å². The molecular formula is C17H21N3O3S. The first kappa shape index (κ1) is 16.7. The third kappa shape index (κ3) is 3.08. The first-order valence-corrected chi connectivity index (χ1v) is 8.82. The molecule has 1 atom stereocenters. The number of ether oxygens (including phenoxy) is 1. The van der Waals surface area contributed by atoms with Crippen LogP contribution in [0.5, 0.6) is 0 Å². The van der Waals surface area contributed by atoms with E-state index >= 15 is 0 Å². The zero-order valence-electron chi connectivity index (χ0n) is 14.3. The predicted octanol–water partition coefficient (Wildman–Crippen LogP) is 2.77. The summed E-state index contributed by atoms with van der Waals surface area (Å²) in [4.78, 5) is 26.4. The molecule has 2 aromatic rings. The van der Waals surface area contributed by atoms with Gasteiger partial charge >= 0.3 is 5.97 Å². The number of hydrogen-bond acceptors (Lipinski definition) is 5. The molecule has 0 bridgehead atoms. The Labute approximate surface area is 144 Å². The third-order valence-electron chi connectivity index (χ3n) is 4.36. The first-order valence-electron chi connectivity index (χ1n) is 8.00. The lowest BCUT2D eigenvalue weighted by Crippen LogP contribution is -2.30. The maximum absolute atomic E-state index is 12.3. The Bertz CT molecular complexity index is 785. The topological polar surface area (TPSA) is 73.2 Å². The van der Waals surface area contributed by atoms with Crippen LogP contribution in [0.2, 0.25) is 0 Å². The Morgan fingerprint density at radius 3 is 2.75 bits per heavy atom. The number of nitrogens with zero attached hydrogens (tertiary/aromatic N) is 2. The van der Waals surface area contributed by atoms with Crippen LogP contribution in [0.15, 0.2) is 6.07 Å². The molecule has 0 saturated heterocycles. The van der Waals surface area contributed by atoms with Crippen LogP contribution in [0, 0.1) is 13.8 Å². The second kappa shape index (κ2) is 6.39. The predicted molar refractivity (Wildman–Crippen MR) is 92.5 cm³/mol. The molecule has 128 valence electrons. The monoisotopic (exact) mass is 347 g/mol. The van der Waals surface area contributed by atoms with E-state index in [0.29, 0.717) is 10.6 Å². The molecule has 0 spiro atoms. The number of hydrogen-bond donors (Lipinski definition) is 1. The second-order valence-electron chi connectivity index (χ2n) is 6.12. The summed E-state index contributed by atoms with van der Waals surface area (Å²) in [5, 5.41) is 7.05. The van der Waals surface area contributed by atoms with Gasteiger partial charge in [-0.15, -0.1) is 11.3 Å². The zero-order chi connectivity index (χ0) is 17.4. The maximum atomic E-state index is 12.3. The first-order chi connectivity index (χ1) is 11.4. The van der Waals surface area contributed by atoms with Crippen molar-refractivity contribution in [1.82, 2.24) is 9.78 Å². The Morgan fingerprint density at radius 1 is 1.38 bits per heavy atom. The van der Waals surface area contributed by atoms with E-state index in [1.54, 1.807) is 11.6 Å². The van der Waals surface area contributed by atoms with E-state index in [2.05, 4.69) is 10.4 Å². The summed E-state index contributed by atoms with van der Waals surface area (Å²) in [6.07, 6.45) is 2.34. The average molecular weight is 347 g/mol. The summed E-state index contributed by atoms with van der Waals surface area (Å²) in [6, 6.07) is 1.90. The minimum atomic E-state index is -0.867. The van der Waals surface area contributed by atoms with Gasteiger partial charge in [0.15, 0.2) is 6.10 Å². The van der Waals surface area contributed by atoms with Gasteiger partial charge in [-0.3, -0.25) is 9.48 Å². The Morgan fingerprint density at radius 2 is 2.12 bits per heavy atom. The van der Waals surface area contributed by atoms with Crippen molar-refractivity contribution in [2.24, 2.45) is 7.05 Å². The number of amides is 1. The lowest BCUT2D eigenvalue weighted by molar-refractivity contribution is -0.123. The quantitative estimate of drug-likeness (QED) is 0.863. The molecule has 0 aromatic carbocycles. The molecule has 0 aliphatic heterocycles. The number of fused-ring (bicyclic) bond motifs is 1. The number of rotatable bonds is 4. The van der Waals surface area contributed by atoms with Gasteiger partial charge in [0.05, 0.1) is 17.1 Å². The normalized spacial score (nSPS) is 14.3. The van der Waals surface area contributed by atoms with Crippen molar-refractivity contribution in [1.29, 1.82) is 0 Å². The number of carbonyl (C=O) groups is 2. The fraction of sp³-hybridized carbons (Fsp3) is 0.471. The summed E-state index contributed by atoms with van der Waals surface area (Å²) >= 11 is 1.48. The summed E-state index contributed by atoms with van der Waals surface area (Å²) in [5.74, 6) is -0.789. The molecule has 24 heavy (non-hydrogen) atoms. The number of anilines is 1. The van der Waals surface area contributed by atoms with E-state index in [4.69, 9.17) is 4.74 Å².